The van der Waals surface area contributed by atoms with E-state index >= 15 is 0 Å². The summed E-state index contributed by atoms with van der Waals surface area (Å²) in [6.45, 7) is 9.41. The van der Waals surface area contributed by atoms with Gasteiger partial charge in [-0.05, 0) is 101 Å². The minimum absolute atomic E-state index is 0.101. The van der Waals surface area contributed by atoms with Crippen LogP contribution in [0.3, 0.4) is 0 Å². The van der Waals surface area contributed by atoms with Crippen LogP contribution in [-0.4, -0.2) is 9.97 Å². The summed E-state index contributed by atoms with van der Waals surface area (Å²) in [6.07, 6.45) is 0. The monoisotopic (exact) mass is 716 g/mol. The first kappa shape index (κ1) is 32.8. The molecule has 0 spiro atoms. The summed E-state index contributed by atoms with van der Waals surface area (Å²) in [5, 5.41) is 4.96. The van der Waals surface area contributed by atoms with Crippen LogP contribution in [0, 0.1) is 0 Å². The standard InChI is InChI=1S/C54H40N2/c1-53(2)45-23-13-12-21-42(45)51-43(22-14-24-46(51)53)50-32-49(55-52(56-50)33-15-6-5-7-16-33)41-28-27-37(38-19-10-11-20-39(38)41)36-25-26-40-44-29-34-17-8-9-18-35(34)30-48(44)54(3,4)47(40)31-36/h5-32H,1-4H3. The van der Waals surface area contributed by atoms with Crippen molar-refractivity contribution in [3.63, 3.8) is 0 Å². The number of fused-ring (bicyclic) bond motifs is 8. The minimum Gasteiger partial charge on any atom is -0.228 e. The molecule has 8 aromatic carbocycles. The molecule has 0 unspecified atom stereocenters. The second-order valence-electron chi connectivity index (χ2n) is 16.6. The molecule has 2 aliphatic carbocycles. The molecule has 0 radical (unpaired) electrons. The van der Waals surface area contributed by atoms with Crippen molar-refractivity contribution in [1.29, 1.82) is 0 Å². The molecule has 0 N–H and O–H groups in total. The van der Waals surface area contributed by atoms with Gasteiger partial charge in [-0.2, -0.15) is 0 Å². The van der Waals surface area contributed by atoms with E-state index in [0.717, 1.165) is 33.9 Å². The van der Waals surface area contributed by atoms with Crippen molar-refractivity contribution in [3.05, 3.63) is 192 Å². The largest absolute Gasteiger partial charge is 0.228 e. The molecule has 0 saturated carbocycles. The van der Waals surface area contributed by atoms with E-state index in [9.17, 15) is 0 Å². The van der Waals surface area contributed by atoms with Gasteiger partial charge in [-0.25, -0.2) is 9.97 Å². The molecule has 1 heterocycles. The van der Waals surface area contributed by atoms with Crippen molar-refractivity contribution < 1.29 is 0 Å². The number of hydrogen-bond acceptors (Lipinski definition) is 2. The van der Waals surface area contributed by atoms with E-state index in [1.165, 1.54) is 77.2 Å². The highest BCUT2D eigenvalue weighted by Crippen LogP contribution is 2.53. The fourth-order valence-corrected chi connectivity index (χ4v) is 9.77. The molecule has 2 nitrogen and oxygen atoms in total. The van der Waals surface area contributed by atoms with E-state index in [0.29, 0.717) is 0 Å². The van der Waals surface area contributed by atoms with Crippen LogP contribution in [0.15, 0.2) is 170 Å². The van der Waals surface area contributed by atoms with Gasteiger partial charge in [-0.3, -0.25) is 0 Å². The maximum absolute atomic E-state index is 5.32. The molecule has 0 aliphatic heterocycles. The molecule has 0 atom stereocenters. The number of hydrogen-bond donors (Lipinski definition) is 0. The van der Waals surface area contributed by atoms with Gasteiger partial charge < -0.3 is 0 Å². The van der Waals surface area contributed by atoms with Crippen molar-refractivity contribution in [1.82, 2.24) is 9.97 Å². The molecule has 0 amide bonds. The lowest BCUT2D eigenvalue weighted by atomic mass is 9.81. The zero-order chi connectivity index (χ0) is 37.8. The van der Waals surface area contributed by atoms with Gasteiger partial charge in [0.05, 0.1) is 11.4 Å². The van der Waals surface area contributed by atoms with Crippen molar-refractivity contribution in [3.8, 4) is 67.3 Å². The summed E-state index contributed by atoms with van der Waals surface area (Å²) in [4.78, 5) is 10.6. The summed E-state index contributed by atoms with van der Waals surface area (Å²) in [6, 6.07) is 62.1. The Morgan fingerprint density at radius 2 is 0.911 bits per heavy atom. The number of aromatic nitrogens is 2. The Morgan fingerprint density at radius 3 is 1.71 bits per heavy atom. The maximum Gasteiger partial charge on any atom is 0.160 e. The van der Waals surface area contributed by atoms with Gasteiger partial charge in [0.2, 0.25) is 0 Å². The normalized spacial score (nSPS) is 14.4. The molecule has 0 bridgehead atoms. The fourth-order valence-electron chi connectivity index (χ4n) is 9.77. The highest BCUT2D eigenvalue weighted by molar-refractivity contribution is 6.06. The number of rotatable bonds is 4. The Bertz CT molecular complexity index is 3080. The van der Waals surface area contributed by atoms with Crippen LogP contribution in [0.25, 0.3) is 88.8 Å². The molecule has 2 heteroatoms. The van der Waals surface area contributed by atoms with E-state index in [2.05, 4.69) is 191 Å². The Hall–Kier alpha value is -6.64. The van der Waals surface area contributed by atoms with Gasteiger partial charge in [-0.15, -0.1) is 0 Å². The molecular formula is C54H40N2. The van der Waals surface area contributed by atoms with Crippen LogP contribution < -0.4 is 0 Å². The lowest BCUT2D eigenvalue weighted by molar-refractivity contribution is 0.660. The Balaban J connectivity index is 1.08. The minimum atomic E-state index is -0.112. The summed E-state index contributed by atoms with van der Waals surface area (Å²) in [7, 11) is 0. The van der Waals surface area contributed by atoms with Crippen LogP contribution in [0.4, 0.5) is 0 Å². The van der Waals surface area contributed by atoms with Crippen LogP contribution in [-0.2, 0) is 10.8 Å². The lowest BCUT2D eigenvalue weighted by Crippen LogP contribution is -2.15. The van der Waals surface area contributed by atoms with Gasteiger partial charge in [0.1, 0.15) is 0 Å². The van der Waals surface area contributed by atoms with Gasteiger partial charge in [0.15, 0.2) is 5.82 Å². The molecule has 9 aromatic rings. The third-order valence-electron chi connectivity index (χ3n) is 12.7. The summed E-state index contributed by atoms with van der Waals surface area (Å²) in [5.41, 5.74) is 18.0. The van der Waals surface area contributed by atoms with Crippen LogP contribution in [0.1, 0.15) is 49.9 Å². The predicted molar refractivity (Wildman–Crippen MR) is 234 cm³/mol. The zero-order valence-electron chi connectivity index (χ0n) is 32.1. The quantitative estimate of drug-likeness (QED) is 0.181. The molecular weight excluding hydrogens is 677 g/mol. The fraction of sp³-hybridized carbons (Fsp3) is 0.111. The van der Waals surface area contributed by atoms with Crippen LogP contribution in [0.5, 0.6) is 0 Å². The highest BCUT2D eigenvalue weighted by atomic mass is 14.9. The third-order valence-corrected chi connectivity index (χ3v) is 12.7. The summed E-state index contributed by atoms with van der Waals surface area (Å²) < 4.78 is 0. The van der Waals surface area contributed by atoms with Crippen molar-refractivity contribution in [2.75, 3.05) is 0 Å². The number of nitrogens with zero attached hydrogens (tertiary/aromatic N) is 2. The highest BCUT2D eigenvalue weighted by Gasteiger charge is 2.38. The first-order valence-electron chi connectivity index (χ1n) is 19.7. The average molecular weight is 717 g/mol. The van der Waals surface area contributed by atoms with E-state index in [-0.39, 0.29) is 10.8 Å². The lowest BCUT2D eigenvalue weighted by Gasteiger charge is -2.22. The van der Waals surface area contributed by atoms with Crippen LogP contribution in [0.2, 0.25) is 0 Å². The van der Waals surface area contributed by atoms with Gasteiger partial charge in [0, 0.05) is 27.5 Å². The van der Waals surface area contributed by atoms with E-state index < -0.39 is 0 Å². The average Bonchev–Trinajstić information content (AvgIpc) is 3.61. The van der Waals surface area contributed by atoms with Gasteiger partial charge >= 0.3 is 0 Å². The third kappa shape index (κ3) is 4.75. The Labute approximate surface area is 328 Å². The topological polar surface area (TPSA) is 25.8 Å². The molecule has 0 fully saturated rings. The van der Waals surface area contributed by atoms with Crippen LogP contribution >= 0.6 is 0 Å². The van der Waals surface area contributed by atoms with E-state index in [1.807, 2.05) is 6.07 Å². The number of benzene rings is 8. The second kappa shape index (κ2) is 11.9. The first-order valence-corrected chi connectivity index (χ1v) is 19.7. The second-order valence-corrected chi connectivity index (χ2v) is 16.6. The SMILES string of the molecule is CC1(C)c2cc(-c3ccc(-c4cc(-c5cccc6c5-c5ccccc5C6(C)C)nc(-c5ccccc5)n4)c4ccccc34)ccc2-c2cc3ccccc3cc21. The van der Waals surface area contributed by atoms with Crippen molar-refractivity contribution in [2.45, 2.75) is 38.5 Å². The molecule has 1 aromatic heterocycles. The summed E-state index contributed by atoms with van der Waals surface area (Å²) >= 11 is 0. The molecule has 56 heavy (non-hydrogen) atoms. The predicted octanol–water partition coefficient (Wildman–Crippen LogP) is 14.1. The smallest absolute Gasteiger partial charge is 0.160 e. The molecule has 0 saturated heterocycles. The Kier molecular flexibility index (Phi) is 6.98. The van der Waals surface area contributed by atoms with Gasteiger partial charge in [0.25, 0.3) is 0 Å². The molecule has 266 valence electrons. The maximum atomic E-state index is 5.32. The molecule has 11 rings (SSSR count). The van der Waals surface area contributed by atoms with E-state index in [4.69, 9.17) is 9.97 Å². The van der Waals surface area contributed by atoms with E-state index in [1.54, 1.807) is 0 Å². The first-order chi connectivity index (χ1) is 27.3. The van der Waals surface area contributed by atoms with Crippen molar-refractivity contribution in [2.24, 2.45) is 0 Å². The summed E-state index contributed by atoms with van der Waals surface area (Å²) in [5.74, 6) is 0.725. The van der Waals surface area contributed by atoms with Crippen molar-refractivity contribution >= 4 is 21.5 Å². The Morgan fingerprint density at radius 1 is 0.339 bits per heavy atom. The molecule has 2 aliphatic rings. The van der Waals surface area contributed by atoms with Gasteiger partial charge in [-0.1, -0.05) is 173 Å². The zero-order valence-corrected chi connectivity index (χ0v) is 32.1.